The summed E-state index contributed by atoms with van der Waals surface area (Å²) in [6.07, 6.45) is 4.73. The van der Waals surface area contributed by atoms with Crippen LogP contribution in [0, 0.1) is 30.1 Å². The Bertz CT molecular complexity index is 992. The first kappa shape index (κ1) is 26.7. The lowest BCUT2D eigenvalue weighted by molar-refractivity contribution is -0.00546. The second-order valence-electron chi connectivity index (χ2n) is 12.9. The van der Waals surface area contributed by atoms with Gasteiger partial charge in [0.15, 0.2) is 8.32 Å². The third-order valence-corrected chi connectivity index (χ3v) is 15.7. The summed E-state index contributed by atoms with van der Waals surface area (Å²) in [5.74, 6) is 2.14. The number of benzene rings is 1. The molecule has 1 aromatic rings. The molecule has 5 heteroatoms. The van der Waals surface area contributed by atoms with Gasteiger partial charge in [-0.1, -0.05) is 77.8 Å². The summed E-state index contributed by atoms with van der Waals surface area (Å²) in [5, 5.41) is 0.145. The van der Waals surface area contributed by atoms with Crippen LogP contribution in [-0.2, 0) is 14.2 Å². The van der Waals surface area contributed by atoms with Crippen LogP contribution in [0.2, 0.25) is 18.1 Å². The van der Waals surface area contributed by atoms with Crippen molar-refractivity contribution in [2.24, 2.45) is 27.5 Å². The highest BCUT2D eigenvalue weighted by Crippen LogP contribution is 2.59. The molecule has 186 valence electrons. The lowest BCUT2D eigenvalue weighted by Gasteiger charge is -2.56. The van der Waals surface area contributed by atoms with E-state index >= 15 is 0 Å². The Morgan fingerprint density at radius 1 is 1.18 bits per heavy atom. The number of rotatable bonds is 8. The number of allylic oxidation sites excluding steroid dienone is 1. The summed E-state index contributed by atoms with van der Waals surface area (Å²) >= 11 is 0. The highest BCUT2D eigenvalue weighted by atomic mass is 32.2. The van der Waals surface area contributed by atoms with Crippen LogP contribution >= 0.6 is 0 Å². The van der Waals surface area contributed by atoms with Crippen molar-refractivity contribution < 1.29 is 8.63 Å². The van der Waals surface area contributed by atoms with Crippen molar-refractivity contribution in [3.05, 3.63) is 41.5 Å². The third kappa shape index (κ3) is 5.51. The zero-order valence-electron chi connectivity index (χ0n) is 22.7. The minimum atomic E-state index is -2.60. The molecular weight excluding hydrogens is 442 g/mol. The SMILES string of the molecule is Cc1ccc(S(=O)(CC2=CC[C@H]3C[C@@H]2C3(C)C)=N[C@@H](CO[Si](C)(C)C(C)(C)C)C(C)C)cc1. The minimum Gasteiger partial charge on any atom is -0.415 e. The minimum absolute atomic E-state index is 0.0840. The molecular formula is C28H47NO2SSi. The second kappa shape index (κ2) is 9.27. The van der Waals surface area contributed by atoms with Crippen LogP contribution in [-0.4, -0.2) is 30.9 Å². The molecule has 0 aromatic heterocycles. The van der Waals surface area contributed by atoms with Crippen LogP contribution in [0.3, 0.4) is 0 Å². The van der Waals surface area contributed by atoms with Gasteiger partial charge in [0.25, 0.3) is 0 Å². The maximum absolute atomic E-state index is 14.7. The van der Waals surface area contributed by atoms with Crippen molar-refractivity contribution >= 4 is 18.0 Å². The lowest BCUT2D eigenvalue weighted by Crippen LogP contribution is -2.49. The van der Waals surface area contributed by atoms with Gasteiger partial charge >= 0.3 is 0 Å². The molecule has 0 radical (unpaired) electrons. The Labute approximate surface area is 205 Å². The lowest BCUT2D eigenvalue weighted by atomic mass is 9.49. The maximum Gasteiger partial charge on any atom is 0.192 e. The number of nitrogens with zero attached hydrogens (tertiary/aromatic N) is 1. The monoisotopic (exact) mass is 489 g/mol. The molecule has 33 heavy (non-hydrogen) atoms. The van der Waals surface area contributed by atoms with Crippen molar-refractivity contribution in [3.63, 3.8) is 0 Å². The second-order valence-corrected chi connectivity index (χ2v) is 20.0. The first-order chi connectivity index (χ1) is 15.1. The van der Waals surface area contributed by atoms with Crippen molar-refractivity contribution in [2.45, 2.75) is 97.3 Å². The van der Waals surface area contributed by atoms with Gasteiger partial charge in [0.05, 0.1) is 28.1 Å². The molecule has 4 rings (SSSR count). The van der Waals surface area contributed by atoms with Crippen LogP contribution in [0.25, 0.3) is 0 Å². The van der Waals surface area contributed by atoms with Gasteiger partial charge in [-0.3, -0.25) is 0 Å². The smallest absolute Gasteiger partial charge is 0.192 e. The largest absolute Gasteiger partial charge is 0.415 e. The summed E-state index contributed by atoms with van der Waals surface area (Å²) in [4.78, 5) is 0.867. The van der Waals surface area contributed by atoms with E-state index in [1.807, 2.05) is 12.1 Å². The number of fused-ring (bicyclic) bond motifs is 1. The van der Waals surface area contributed by atoms with E-state index in [-0.39, 0.29) is 17.0 Å². The number of hydrogen-bond donors (Lipinski definition) is 0. The normalized spacial score (nSPS) is 25.1. The third-order valence-electron chi connectivity index (χ3n) is 8.83. The Morgan fingerprint density at radius 3 is 2.27 bits per heavy atom. The van der Waals surface area contributed by atoms with E-state index in [9.17, 15) is 4.21 Å². The standard InChI is InChI=1S/C28H47NO2SSi/c1-20(2)26(18-31-33(9,10)27(4,5)6)29-32(30,24-15-11-21(3)12-16-24)19-22-13-14-23-17-25(22)28(23,7)8/h11-13,15-16,20,23,25-26H,14,17-19H2,1-10H3/t23-,25-,26-,32?/m0/s1. The zero-order chi connectivity index (χ0) is 24.8. The molecule has 1 fully saturated rings. The maximum atomic E-state index is 14.7. The summed E-state index contributed by atoms with van der Waals surface area (Å²) in [6, 6.07) is 8.12. The quantitative estimate of drug-likeness (QED) is 0.275. The molecule has 0 amide bonds. The molecule has 4 atom stereocenters. The molecule has 0 saturated heterocycles. The van der Waals surface area contributed by atoms with Gasteiger partial charge in [0.2, 0.25) is 0 Å². The summed E-state index contributed by atoms with van der Waals surface area (Å²) < 4.78 is 26.5. The van der Waals surface area contributed by atoms with Crippen molar-refractivity contribution in [1.29, 1.82) is 0 Å². The Kier molecular flexibility index (Phi) is 7.50. The van der Waals surface area contributed by atoms with Crippen molar-refractivity contribution in [3.8, 4) is 0 Å². The fourth-order valence-electron chi connectivity index (χ4n) is 4.87. The average molecular weight is 490 g/mol. The van der Waals surface area contributed by atoms with Gasteiger partial charge in [0.1, 0.15) is 0 Å². The zero-order valence-corrected chi connectivity index (χ0v) is 24.5. The Morgan fingerprint density at radius 2 is 1.79 bits per heavy atom. The van der Waals surface area contributed by atoms with Crippen LogP contribution in [0.15, 0.2) is 45.2 Å². The fourth-order valence-corrected chi connectivity index (χ4v) is 8.33. The molecule has 1 unspecified atom stereocenters. The molecule has 3 nitrogen and oxygen atoms in total. The molecule has 1 aromatic carbocycles. The Hall–Kier alpha value is -0.913. The Balaban J connectivity index is 1.98. The van der Waals surface area contributed by atoms with Gasteiger partial charge in [-0.2, -0.15) is 0 Å². The molecule has 0 spiro atoms. The topological polar surface area (TPSA) is 38.7 Å². The number of aryl methyl sites for hydroxylation is 1. The van der Waals surface area contributed by atoms with E-state index in [0.29, 0.717) is 23.7 Å². The average Bonchev–Trinajstić information content (AvgIpc) is 2.70. The van der Waals surface area contributed by atoms with E-state index in [2.05, 4.69) is 86.7 Å². The molecule has 1 saturated carbocycles. The molecule has 3 aliphatic rings. The molecule has 0 heterocycles. The van der Waals surface area contributed by atoms with Crippen LogP contribution in [0.5, 0.6) is 0 Å². The summed E-state index contributed by atoms with van der Waals surface area (Å²) in [7, 11) is -4.50. The highest BCUT2D eigenvalue weighted by Gasteiger charge is 2.51. The molecule has 0 aliphatic heterocycles. The van der Waals surface area contributed by atoms with E-state index in [1.165, 1.54) is 17.6 Å². The van der Waals surface area contributed by atoms with Gasteiger partial charge in [-0.25, -0.2) is 8.57 Å². The predicted octanol–water partition coefficient (Wildman–Crippen LogP) is 7.86. The van der Waals surface area contributed by atoms with E-state index in [0.717, 1.165) is 17.2 Å². The van der Waals surface area contributed by atoms with Crippen LogP contribution in [0.4, 0.5) is 0 Å². The highest BCUT2D eigenvalue weighted by molar-refractivity contribution is 7.93. The molecule has 0 N–H and O–H groups in total. The number of hydrogen-bond acceptors (Lipinski definition) is 3. The molecule has 3 aliphatic carbocycles. The van der Waals surface area contributed by atoms with Crippen LogP contribution in [0.1, 0.15) is 66.9 Å². The van der Waals surface area contributed by atoms with Gasteiger partial charge < -0.3 is 4.43 Å². The van der Waals surface area contributed by atoms with E-state index in [1.54, 1.807) is 0 Å². The van der Waals surface area contributed by atoms with E-state index in [4.69, 9.17) is 8.79 Å². The van der Waals surface area contributed by atoms with Crippen LogP contribution < -0.4 is 0 Å². The first-order valence-electron chi connectivity index (χ1n) is 12.7. The van der Waals surface area contributed by atoms with Crippen molar-refractivity contribution in [2.75, 3.05) is 12.4 Å². The van der Waals surface area contributed by atoms with Gasteiger partial charge in [-0.15, -0.1) is 0 Å². The van der Waals surface area contributed by atoms with Crippen molar-refractivity contribution in [1.82, 2.24) is 0 Å². The molecule has 2 bridgehead atoms. The predicted molar refractivity (Wildman–Crippen MR) is 145 cm³/mol. The summed E-state index contributed by atoms with van der Waals surface area (Å²) in [5.41, 5.74) is 2.87. The summed E-state index contributed by atoms with van der Waals surface area (Å²) in [6.45, 7) is 23.1. The fraction of sp³-hybridized carbons (Fsp3) is 0.714. The van der Waals surface area contributed by atoms with E-state index < -0.39 is 18.0 Å². The van der Waals surface area contributed by atoms with Gasteiger partial charge in [-0.05, 0) is 73.2 Å². The van der Waals surface area contributed by atoms with Gasteiger partial charge in [0, 0.05) is 4.90 Å². The first-order valence-corrected chi connectivity index (χ1v) is 17.3.